The van der Waals surface area contributed by atoms with Crippen LogP contribution in [0.2, 0.25) is 0 Å². The smallest absolute Gasteiger partial charge is 0.255 e. The van der Waals surface area contributed by atoms with E-state index in [0.717, 1.165) is 38.0 Å². The van der Waals surface area contributed by atoms with Gasteiger partial charge in [0.2, 0.25) is 0 Å². The zero-order valence-corrected chi connectivity index (χ0v) is 16.6. The molecule has 4 heteroatoms. The summed E-state index contributed by atoms with van der Waals surface area (Å²) < 4.78 is 0. The average molecular weight is 386 g/mol. The number of rotatable bonds is 6. The standard InChI is InChI=1S/C25H27N3O/c29-25(28-13-11-21(12-14-28)15-20-7-3-1-4-8-20)23-16-24(19-26-18-23)27-17-22-9-5-2-6-10-22/h1-10,16,18-19,21,27H,11-15,17H2. The fourth-order valence-corrected chi connectivity index (χ4v) is 3.92. The largest absolute Gasteiger partial charge is 0.380 e. The molecule has 0 saturated carbocycles. The molecular formula is C25H27N3O. The maximum atomic E-state index is 12.9. The fraction of sp³-hybridized carbons (Fsp3) is 0.280. The van der Waals surface area contributed by atoms with Crippen molar-refractivity contribution in [3.05, 3.63) is 95.8 Å². The SMILES string of the molecule is O=C(c1cncc(NCc2ccccc2)c1)N1CCC(Cc2ccccc2)CC1. The lowest BCUT2D eigenvalue weighted by atomic mass is 9.90. The van der Waals surface area contributed by atoms with E-state index in [1.165, 1.54) is 11.1 Å². The summed E-state index contributed by atoms with van der Waals surface area (Å²) in [5.74, 6) is 0.734. The lowest BCUT2D eigenvalue weighted by molar-refractivity contribution is 0.0690. The first-order valence-electron chi connectivity index (χ1n) is 10.3. The molecule has 1 aliphatic rings. The van der Waals surface area contributed by atoms with Gasteiger partial charge in [-0.15, -0.1) is 0 Å². The Morgan fingerprint density at radius 2 is 1.59 bits per heavy atom. The number of carbonyl (C=O) groups is 1. The molecule has 4 rings (SSSR count). The van der Waals surface area contributed by atoms with E-state index in [-0.39, 0.29) is 5.91 Å². The first-order chi connectivity index (χ1) is 14.3. The summed E-state index contributed by atoms with van der Waals surface area (Å²) in [6.45, 7) is 2.35. The van der Waals surface area contributed by atoms with Crippen molar-refractivity contribution in [3.8, 4) is 0 Å². The van der Waals surface area contributed by atoms with Crippen LogP contribution in [0.4, 0.5) is 5.69 Å². The average Bonchev–Trinajstić information content (AvgIpc) is 2.79. The summed E-state index contributed by atoms with van der Waals surface area (Å²) in [7, 11) is 0. The van der Waals surface area contributed by atoms with Crippen LogP contribution in [-0.2, 0) is 13.0 Å². The van der Waals surface area contributed by atoms with Gasteiger partial charge in [0.05, 0.1) is 11.3 Å². The number of pyridine rings is 1. The van der Waals surface area contributed by atoms with E-state index in [1.807, 2.05) is 29.2 Å². The van der Waals surface area contributed by atoms with E-state index in [4.69, 9.17) is 0 Å². The Labute approximate surface area is 172 Å². The number of benzene rings is 2. The Morgan fingerprint density at radius 3 is 2.28 bits per heavy atom. The van der Waals surface area contributed by atoms with Crippen molar-refractivity contribution >= 4 is 11.6 Å². The first kappa shape index (κ1) is 19.2. The third-order valence-corrected chi connectivity index (χ3v) is 5.59. The van der Waals surface area contributed by atoms with Gasteiger partial charge < -0.3 is 10.2 Å². The van der Waals surface area contributed by atoms with Crippen LogP contribution in [0, 0.1) is 5.92 Å². The van der Waals surface area contributed by atoms with Crippen LogP contribution in [-0.4, -0.2) is 28.9 Å². The minimum absolute atomic E-state index is 0.0824. The van der Waals surface area contributed by atoms with Crippen LogP contribution in [0.5, 0.6) is 0 Å². The zero-order valence-electron chi connectivity index (χ0n) is 16.6. The van der Waals surface area contributed by atoms with E-state index in [0.29, 0.717) is 18.0 Å². The predicted molar refractivity (Wildman–Crippen MR) is 117 cm³/mol. The van der Waals surface area contributed by atoms with Gasteiger partial charge in [0.1, 0.15) is 0 Å². The lowest BCUT2D eigenvalue weighted by Crippen LogP contribution is -2.39. The maximum Gasteiger partial charge on any atom is 0.255 e. The molecule has 4 nitrogen and oxygen atoms in total. The third-order valence-electron chi connectivity index (χ3n) is 5.59. The normalized spacial score (nSPS) is 14.6. The number of hydrogen-bond donors (Lipinski definition) is 1. The summed E-state index contributed by atoms with van der Waals surface area (Å²) in [5.41, 5.74) is 4.12. The molecule has 1 amide bonds. The van der Waals surface area contributed by atoms with Gasteiger partial charge in [-0.3, -0.25) is 9.78 Å². The number of amides is 1. The summed E-state index contributed by atoms with van der Waals surface area (Å²) >= 11 is 0. The number of carbonyl (C=O) groups excluding carboxylic acids is 1. The van der Waals surface area contributed by atoms with E-state index in [2.05, 4.69) is 52.8 Å². The van der Waals surface area contributed by atoms with Gasteiger partial charge in [0, 0.05) is 32.0 Å². The van der Waals surface area contributed by atoms with Crippen LogP contribution >= 0.6 is 0 Å². The Balaban J connectivity index is 1.31. The molecule has 0 radical (unpaired) electrons. The minimum atomic E-state index is 0.0824. The van der Waals surface area contributed by atoms with Gasteiger partial charge in [-0.25, -0.2) is 0 Å². The number of piperidine rings is 1. The molecule has 1 N–H and O–H groups in total. The highest BCUT2D eigenvalue weighted by Crippen LogP contribution is 2.23. The number of anilines is 1. The van der Waals surface area contributed by atoms with Gasteiger partial charge in [-0.05, 0) is 42.4 Å². The van der Waals surface area contributed by atoms with Crippen molar-refractivity contribution in [2.45, 2.75) is 25.8 Å². The lowest BCUT2D eigenvalue weighted by Gasteiger charge is -2.32. The second-order valence-electron chi connectivity index (χ2n) is 7.73. The number of aromatic nitrogens is 1. The summed E-state index contributed by atoms with van der Waals surface area (Å²) in [5, 5.41) is 3.36. The molecule has 1 aromatic heterocycles. The Morgan fingerprint density at radius 1 is 0.931 bits per heavy atom. The van der Waals surface area contributed by atoms with Gasteiger partial charge in [0.25, 0.3) is 5.91 Å². The summed E-state index contributed by atoms with van der Waals surface area (Å²) in [4.78, 5) is 19.2. The zero-order chi connectivity index (χ0) is 19.9. The molecule has 29 heavy (non-hydrogen) atoms. The van der Waals surface area contributed by atoms with Crippen molar-refractivity contribution in [2.24, 2.45) is 5.92 Å². The molecule has 0 atom stereocenters. The minimum Gasteiger partial charge on any atom is -0.380 e. The van der Waals surface area contributed by atoms with Crippen molar-refractivity contribution in [3.63, 3.8) is 0 Å². The summed E-state index contributed by atoms with van der Waals surface area (Å²) in [6, 6.07) is 22.8. The molecule has 0 unspecified atom stereocenters. The third kappa shape index (κ3) is 5.23. The second-order valence-corrected chi connectivity index (χ2v) is 7.73. The quantitative estimate of drug-likeness (QED) is 0.664. The molecule has 2 aromatic carbocycles. The van der Waals surface area contributed by atoms with Crippen LogP contribution in [0.25, 0.3) is 0 Å². The molecule has 148 valence electrons. The topological polar surface area (TPSA) is 45.2 Å². The summed E-state index contributed by atoms with van der Waals surface area (Å²) in [6.07, 6.45) is 6.65. The Bertz CT molecular complexity index is 919. The van der Waals surface area contributed by atoms with Crippen molar-refractivity contribution in [2.75, 3.05) is 18.4 Å². The van der Waals surface area contributed by atoms with Gasteiger partial charge in [-0.1, -0.05) is 60.7 Å². The maximum absolute atomic E-state index is 12.9. The highest BCUT2D eigenvalue weighted by atomic mass is 16.2. The molecule has 0 bridgehead atoms. The Hall–Kier alpha value is -3.14. The van der Waals surface area contributed by atoms with Gasteiger partial charge >= 0.3 is 0 Å². The molecule has 0 spiro atoms. The number of hydrogen-bond acceptors (Lipinski definition) is 3. The van der Waals surface area contributed by atoms with Crippen molar-refractivity contribution in [1.82, 2.24) is 9.88 Å². The van der Waals surface area contributed by atoms with Gasteiger partial charge in [-0.2, -0.15) is 0 Å². The van der Waals surface area contributed by atoms with Crippen LogP contribution in [0.3, 0.4) is 0 Å². The molecular weight excluding hydrogens is 358 g/mol. The Kier molecular flexibility index (Phi) is 6.20. The number of nitrogens with one attached hydrogen (secondary N) is 1. The van der Waals surface area contributed by atoms with Crippen LogP contribution < -0.4 is 5.32 Å². The first-order valence-corrected chi connectivity index (χ1v) is 10.3. The van der Waals surface area contributed by atoms with Crippen molar-refractivity contribution < 1.29 is 4.79 Å². The second kappa shape index (κ2) is 9.37. The van der Waals surface area contributed by atoms with Crippen LogP contribution in [0.1, 0.15) is 34.3 Å². The van der Waals surface area contributed by atoms with Gasteiger partial charge in [0.15, 0.2) is 0 Å². The fourth-order valence-electron chi connectivity index (χ4n) is 3.92. The highest BCUT2D eigenvalue weighted by molar-refractivity contribution is 5.94. The molecule has 1 fully saturated rings. The highest BCUT2D eigenvalue weighted by Gasteiger charge is 2.24. The van der Waals surface area contributed by atoms with Crippen LogP contribution in [0.15, 0.2) is 79.1 Å². The molecule has 2 heterocycles. The molecule has 1 aliphatic heterocycles. The van der Waals surface area contributed by atoms with E-state index >= 15 is 0 Å². The monoisotopic (exact) mass is 385 g/mol. The number of nitrogens with zero attached hydrogens (tertiary/aromatic N) is 2. The molecule has 3 aromatic rings. The molecule has 1 saturated heterocycles. The predicted octanol–water partition coefficient (Wildman–Crippen LogP) is 4.79. The number of likely N-dealkylation sites (tertiary alicyclic amines) is 1. The van der Waals surface area contributed by atoms with E-state index in [1.54, 1.807) is 12.4 Å². The van der Waals surface area contributed by atoms with E-state index < -0.39 is 0 Å². The molecule has 0 aliphatic carbocycles. The van der Waals surface area contributed by atoms with Crippen molar-refractivity contribution in [1.29, 1.82) is 0 Å². The van der Waals surface area contributed by atoms with E-state index in [9.17, 15) is 4.79 Å².